The third-order valence-corrected chi connectivity index (χ3v) is 6.13. The van der Waals surface area contributed by atoms with Gasteiger partial charge in [0.15, 0.2) is 0 Å². The van der Waals surface area contributed by atoms with Crippen LogP contribution in [0.15, 0.2) is 15.9 Å². The van der Waals surface area contributed by atoms with Crippen molar-refractivity contribution in [3.8, 4) is 0 Å². The van der Waals surface area contributed by atoms with E-state index in [9.17, 15) is 5.11 Å². The van der Waals surface area contributed by atoms with Gasteiger partial charge in [-0.1, -0.05) is 13.8 Å². The number of aliphatic hydroxyl groups is 1. The van der Waals surface area contributed by atoms with Crippen molar-refractivity contribution in [1.82, 2.24) is 0 Å². The molecule has 1 fully saturated rings. The minimum absolute atomic E-state index is 0.355. The van der Waals surface area contributed by atoms with Gasteiger partial charge < -0.3 is 9.84 Å². The van der Waals surface area contributed by atoms with Gasteiger partial charge in [0.05, 0.1) is 15.5 Å². The zero-order valence-electron chi connectivity index (χ0n) is 11.9. The van der Waals surface area contributed by atoms with Crippen molar-refractivity contribution < 1.29 is 9.84 Å². The van der Waals surface area contributed by atoms with Crippen LogP contribution in [0.3, 0.4) is 0 Å². The summed E-state index contributed by atoms with van der Waals surface area (Å²) in [6.07, 6.45) is 4.40. The van der Waals surface area contributed by atoms with Crippen LogP contribution in [0, 0.1) is 5.41 Å². The SMILES string of the molecule is COC1(C(O)Cc2ccc(Br)s2)CCC(C)(C)CC1. The van der Waals surface area contributed by atoms with Gasteiger partial charge in [0.2, 0.25) is 0 Å². The molecule has 1 aliphatic carbocycles. The molecule has 0 aliphatic heterocycles. The molecule has 1 saturated carbocycles. The third-order valence-electron chi connectivity index (χ3n) is 4.49. The molecule has 4 heteroatoms. The van der Waals surface area contributed by atoms with E-state index >= 15 is 0 Å². The Morgan fingerprint density at radius 3 is 2.42 bits per heavy atom. The van der Waals surface area contributed by atoms with E-state index in [1.807, 2.05) is 6.07 Å². The van der Waals surface area contributed by atoms with E-state index in [1.165, 1.54) is 4.88 Å². The average Bonchev–Trinajstić information content (AvgIpc) is 2.75. The zero-order valence-corrected chi connectivity index (χ0v) is 14.3. The smallest absolute Gasteiger partial charge is 0.0940 e. The molecule has 1 unspecified atom stereocenters. The largest absolute Gasteiger partial charge is 0.390 e. The molecule has 19 heavy (non-hydrogen) atoms. The van der Waals surface area contributed by atoms with Gasteiger partial charge in [-0.05, 0) is 59.2 Å². The first-order valence-corrected chi connectivity index (χ1v) is 8.45. The molecule has 1 N–H and O–H groups in total. The lowest BCUT2D eigenvalue weighted by Gasteiger charge is -2.45. The Balaban J connectivity index is 2.05. The number of halogens is 1. The summed E-state index contributed by atoms with van der Waals surface area (Å²) >= 11 is 5.16. The van der Waals surface area contributed by atoms with Gasteiger partial charge in [0.25, 0.3) is 0 Å². The van der Waals surface area contributed by atoms with Gasteiger partial charge in [0, 0.05) is 18.4 Å². The van der Waals surface area contributed by atoms with E-state index in [4.69, 9.17) is 4.74 Å². The normalized spacial score (nSPS) is 23.2. The molecule has 2 nitrogen and oxygen atoms in total. The molecule has 0 spiro atoms. The van der Waals surface area contributed by atoms with Crippen molar-refractivity contribution in [1.29, 1.82) is 0 Å². The Kier molecular flexibility index (Phi) is 4.76. The minimum Gasteiger partial charge on any atom is -0.390 e. The Hall–Kier alpha value is 0.1000. The molecule has 0 radical (unpaired) electrons. The van der Waals surface area contributed by atoms with Crippen molar-refractivity contribution in [3.05, 3.63) is 20.8 Å². The summed E-state index contributed by atoms with van der Waals surface area (Å²) in [6, 6.07) is 4.12. The predicted octanol–water partition coefficient (Wildman–Crippen LogP) is 4.40. The predicted molar refractivity (Wildman–Crippen MR) is 83.7 cm³/mol. The van der Waals surface area contributed by atoms with Crippen LogP contribution in [0.4, 0.5) is 0 Å². The highest BCUT2D eigenvalue weighted by Crippen LogP contribution is 2.44. The molecular weight excluding hydrogens is 324 g/mol. The molecule has 0 amide bonds. The van der Waals surface area contributed by atoms with Gasteiger partial charge in [-0.15, -0.1) is 11.3 Å². The summed E-state index contributed by atoms with van der Waals surface area (Å²) in [4.78, 5) is 1.21. The van der Waals surface area contributed by atoms with E-state index in [0.29, 0.717) is 11.8 Å². The Morgan fingerprint density at radius 1 is 1.32 bits per heavy atom. The summed E-state index contributed by atoms with van der Waals surface area (Å²) in [5.41, 5.74) is 0.0275. The summed E-state index contributed by atoms with van der Waals surface area (Å²) in [5, 5.41) is 10.6. The van der Waals surface area contributed by atoms with Gasteiger partial charge in [-0.2, -0.15) is 0 Å². The van der Waals surface area contributed by atoms with E-state index < -0.39 is 6.10 Å². The van der Waals surface area contributed by atoms with Crippen molar-refractivity contribution in [3.63, 3.8) is 0 Å². The van der Waals surface area contributed by atoms with Crippen LogP contribution in [-0.2, 0) is 11.2 Å². The number of thiophene rings is 1. The van der Waals surface area contributed by atoms with Crippen LogP contribution in [-0.4, -0.2) is 23.9 Å². The molecule has 0 bridgehead atoms. The van der Waals surface area contributed by atoms with Crippen LogP contribution in [0.1, 0.15) is 44.4 Å². The summed E-state index contributed by atoms with van der Waals surface area (Å²) in [5.74, 6) is 0. The molecule has 1 heterocycles. The Bertz CT molecular complexity index is 418. The van der Waals surface area contributed by atoms with Crippen molar-refractivity contribution in [2.75, 3.05) is 7.11 Å². The second-order valence-corrected chi connectivity index (χ2v) is 8.91. The minimum atomic E-state index is -0.417. The lowest BCUT2D eigenvalue weighted by molar-refractivity contribution is -0.135. The first-order chi connectivity index (χ1) is 8.87. The van der Waals surface area contributed by atoms with Crippen molar-refractivity contribution in [2.24, 2.45) is 5.41 Å². The van der Waals surface area contributed by atoms with Crippen LogP contribution >= 0.6 is 27.3 Å². The second kappa shape index (κ2) is 5.84. The quantitative estimate of drug-likeness (QED) is 0.875. The lowest BCUT2D eigenvalue weighted by atomic mass is 9.68. The average molecular weight is 347 g/mol. The van der Waals surface area contributed by atoms with Crippen LogP contribution in [0.2, 0.25) is 0 Å². The maximum absolute atomic E-state index is 10.6. The zero-order chi connectivity index (χ0) is 14.1. The molecular formula is C15H23BrO2S. The van der Waals surface area contributed by atoms with Crippen molar-refractivity contribution >= 4 is 27.3 Å². The summed E-state index contributed by atoms with van der Waals surface area (Å²) in [6.45, 7) is 4.60. The highest BCUT2D eigenvalue weighted by atomic mass is 79.9. The standard InChI is InChI=1S/C15H23BrO2S/c1-14(2)6-8-15(18-3,9-7-14)12(17)10-11-4-5-13(16)19-11/h4-5,12,17H,6-10H2,1-3H3. The third kappa shape index (κ3) is 3.60. The number of ether oxygens (including phenoxy) is 1. The first kappa shape index (κ1) is 15.5. The number of hydrogen-bond donors (Lipinski definition) is 1. The van der Waals surface area contributed by atoms with E-state index in [1.54, 1.807) is 18.4 Å². The molecule has 108 valence electrons. The summed E-state index contributed by atoms with van der Waals surface area (Å²) < 4.78 is 6.87. The number of methoxy groups -OCH3 is 1. The molecule has 0 saturated heterocycles. The topological polar surface area (TPSA) is 29.5 Å². The highest BCUT2D eigenvalue weighted by molar-refractivity contribution is 9.11. The van der Waals surface area contributed by atoms with Gasteiger partial charge in [0.1, 0.15) is 0 Å². The van der Waals surface area contributed by atoms with Gasteiger partial charge >= 0.3 is 0 Å². The number of rotatable bonds is 4. The fourth-order valence-electron chi connectivity index (χ4n) is 2.86. The van der Waals surface area contributed by atoms with Crippen LogP contribution < -0.4 is 0 Å². The molecule has 1 atom stereocenters. The maximum atomic E-state index is 10.6. The summed E-state index contributed by atoms with van der Waals surface area (Å²) in [7, 11) is 1.74. The molecule has 0 aromatic carbocycles. The maximum Gasteiger partial charge on any atom is 0.0940 e. The van der Waals surface area contributed by atoms with E-state index in [0.717, 1.165) is 29.5 Å². The Morgan fingerprint density at radius 2 is 1.95 bits per heavy atom. The van der Waals surface area contributed by atoms with Crippen LogP contribution in [0.5, 0.6) is 0 Å². The lowest BCUT2D eigenvalue weighted by Crippen LogP contribution is -2.49. The highest BCUT2D eigenvalue weighted by Gasteiger charge is 2.43. The molecule has 1 aromatic rings. The van der Waals surface area contributed by atoms with Gasteiger partial charge in [-0.25, -0.2) is 0 Å². The Labute approximate surface area is 128 Å². The fourth-order valence-corrected chi connectivity index (χ4v) is 4.38. The van der Waals surface area contributed by atoms with Crippen LogP contribution in [0.25, 0.3) is 0 Å². The van der Waals surface area contributed by atoms with Crippen molar-refractivity contribution in [2.45, 2.75) is 57.7 Å². The monoisotopic (exact) mass is 346 g/mol. The number of hydrogen-bond acceptors (Lipinski definition) is 3. The first-order valence-electron chi connectivity index (χ1n) is 6.84. The molecule has 1 aromatic heterocycles. The number of aliphatic hydroxyl groups excluding tert-OH is 1. The second-order valence-electron chi connectivity index (χ2n) is 6.36. The molecule has 1 aliphatic rings. The van der Waals surface area contributed by atoms with E-state index in [-0.39, 0.29) is 5.60 Å². The van der Waals surface area contributed by atoms with Gasteiger partial charge in [-0.3, -0.25) is 0 Å². The van der Waals surface area contributed by atoms with E-state index in [2.05, 4.69) is 35.8 Å². The fraction of sp³-hybridized carbons (Fsp3) is 0.733. The molecule has 2 rings (SSSR count).